The van der Waals surface area contributed by atoms with Gasteiger partial charge in [0.15, 0.2) is 5.78 Å². The third kappa shape index (κ3) is 2.93. The Morgan fingerprint density at radius 3 is 2.57 bits per heavy atom. The van der Waals surface area contributed by atoms with Crippen LogP contribution in [0.3, 0.4) is 0 Å². The molecule has 1 fully saturated rings. The van der Waals surface area contributed by atoms with E-state index < -0.39 is 0 Å². The third-order valence-electron chi connectivity index (χ3n) is 2.67. The molecule has 0 amide bonds. The van der Waals surface area contributed by atoms with E-state index in [1.165, 1.54) is 0 Å². The van der Waals surface area contributed by atoms with Crippen LogP contribution in [0.4, 0.5) is 0 Å². The molecule has 0 bridgehead atoms. The largest absolute Gasteiger partial charge is 0.304 e. The van der Waals surface area contributed by atoms with Crippen LogP contribution in [0.25, 0.3) is 0 Å². The zero-order chi connectivity index (χ0) is 10.7. The van der Waals surface area contributed by atoms with Crippen LogP contribution >= 0.6 is 0 Å². The second-order valence-electron chi connectivity index (χ2n) is 4.33. The fraction of sp³-hybridized carbons (Fsp3) is 0.727. The molecule has 0 aromatic heterocycles. The standard InChI is InChI=1S/C11H20N2O/c1-8(2)11(14)5-12-10-6-13(7-10)9(3)4/h9-10,12H,1,5-7H2,2-4H3. The lowest BCUT2D eigenvalue weighted by Gasteiger charge is -2.42. The Morgan fingerprint density at radius 1 is 1.57 bits per heavy atom. The second kappa shape index (κ2) is 4.71. The molecule has 0 saturated carbocycles. The van der Waals surface area contributed by atoms with Crippen molar-refractivity contribution in [3.05, 3.63) is 12.2 Å². The van der Waals surface area contributed by atoms with Crippen molar-refractivity contribution in [2.75, 3.05) is 19.6 Å². The number of Topliss-reactive ketones (excluding diaryl/α,β-unsaturated/α-hetero) is 1. The van der Waals surface area contributed by atoms with Gasteiger partial charge in [0, 0.05) is 25.2 Å². The Bertz CT molecular complexity index is 229. The molecule has 3 heteroatoms. The van der Waals surface area contributed by atoms with Crippen LogP contribution < -0.4 is 5.32 Å². The summed E-state index contributed by atoms with van der Waals surface area (Å²) in [5, 5.41) is 3.23. The molecular formula is C11H20N2O. The molecule has 3 nitrogen and oxygen atoms in total. The summed E-state index contributed by atoms with van der Waals surface area (Å²) in [5.74, 6) is 0.119. The van der Waals surface area contributed by atoms with Crippen LogP contribution in [-0.4, -0.2) is 42.4 Å². The number of nitrogens with one attached hydrogen (secondary N) is 1. The number of carbonyl (C=O) groups excluding carboxylic acids is 1. The minimum Gasteiger partial charge on any atom is -0.304 e. The minimum atomic E-state index is 0.119. The first-order valence-corrected chi connectivity index (χ1v) is 5.17. The van der Waals surface area contributed by atoms with Crippen LogP contribution in [0.5, 0.6) is 0 Å². The third-order valence-corrected chi connectivity index (χ3v) is 2.67. The van der Waals surface area contributed by atoms with Gasteiger partial charge in [-0.15, -0.1) is 0 Å². The summed E-state index contributed by atoms with van der Waals surface area (Å²) < 4.78 is 0. The Balaban J connectivity index is 2.12. The molecule has 14 heavy (non-hydrogen) atoms. The van der Waals surface area contributed by atoms with E-state index in [9.17, 15) is 4.79 Å². The highest BCUT2D eigenvalue weighted by Gasteiger charge is 2.27. The Hall–Kier alpha value is -0.670. The van der Waals surface area contributed by atoms with Gasteiger partial charge in [0.1, 0.15) is 0 Å². The highest BCUT2D eigenvalue weighted by molar-refractivity contribution is 5.95. The van der Waals surface area contributed by atoms with E-state index >= 15 is 0 Å². The smallest absolute Gasteiger partial charge is 0.171 e. The van der Waals surface area contributed by atoms with Crippen LogP contribution in [0.1, 0.15) is 20.8 Å². The van der Waals surface area contributed by atoms with Crippen molar-refractivity contribution in [3.8, 4) is 0 Å². The summed E-state index contributed by atoms with van der Waals surface area (Å²) in [4.78, 5) is 13.6. The lowest BCUT2D eigenvalue weighted by Crippen LogP contribution is -2.60. The second-order valence-corrected chi connectivity index (χ2v) is 4.33. The monoisotopic (exact) mass is 196 g/mol. The van der Waals surface area contributed by atoms with Gasteiger partial charge < -0.3 is 5.32 Å². The average molecular weight is 196 g/mol. The van der Waals surface area contributed by atoms with Gasteiger partial charge in [0.2, 0.25) is 0 Å². The molecule has 0 radical (unpaired) electrons. The fourth-order valence-electron chi connectivity index (χ4n) is 1.45. The maximum atomic E-state index is 11.2. The molecule has 1 aliphatic heterocycles. The van der Waals surface area contributed by atoms with Gasteiger partial charge in [0.25, 0.3) is 0 Å². The Morgan fingerprint density at radius 2 is 2.14 bits per heavy atom. The molecule has 0 unspecified atom stereocenters. The van der Waals surface area contributed by atoms with Gasteiger partial charge in [-0.05, 0) is 26.3 Å². The molecule has 1 saturated heterocycles. The first-order valence-electron chi connectivity index (χ1n) is 5.17. The van der Waals surface area contributed by atoms with Crippen molar-refractivity contribution in [1.29, 1.82) is 0 Å². The number of hydrogen-bond donors (Lipinski definition) is 1. The molecule has 0 aromatic rings. The maximum Gasteiger partial charge on any atom is 0.171 e. The molecule has 80 valence electrons. The lowest BCUT2D eigenvalue weighted by molar-refractivity contribution is -0.115. The zero-order valence-corrected chi connectivity index (χ0v) is 9.34. The molecular weight excluding hydrogens is 176 g/mol. The number of nitrogens with zero attached hydrogens (tertiary/aromatic N) is 1. The first kappa shape index (κ1) is 11.4. The van der Waals surface area contributed by atoms with Crippen LogP contribution in [0.15, 0.2) is 12.2 Å². The van der Waals surface area contributed by atoms with Crippen molar-refractivity contribution < 1.29 is 4.79 Å². The number of rotatable bonds is 5. The summed E-state index contributed by atoms with van der Waals surface area (Å²) in [5.41, 5.74) is 0.637. The number of hydrogen-bond acceptors (Lipinski definition) is 3. The molecule has 0 atom stereocenters. The lowest BCUT2D eigenvalue weighted by atomic mass is 10.1. The SMILES string of the molecule is C=C(C)C(=O)CNC1CN(C(C)C)C1. The van der Waals surface area contributed by atoms with Crippen LogP contribution in [-0.2, 0) is 4.79 Å². The maximum absolute atomic E-state index is 11.2. The predicted octanol–water partition coefficient (Wildman–Crippen LogP) is 0.814. The molecule has 0 aromatic carbocycles. The number of carbonyl (C=O) groups is 1. The van der Waals surface area contributed by atoms with Crippen molar-refractivity contribution in [2.24, 2.45) is 0 Å². The molecule has 1 aliphatic rings. The highest BCUT2D eigenvalue weighted by atomic mass is 16.1. The number of likely N-dealkylation sites (tertiary alicyclic amines) is 1. The van der Waals surface area contributed by atoms with E-state index in [1.807, 2.05) is 0 Å². The van der Waals surface area contributed by atoms with Crippen molar-refractivity contribution in [3.63, 3.8) is 0 Å². The van der Waals surface area contributed by atoms with Gasteiger partial charge in [-0.2, -0.15) is 0 Å². The topological polar surface area (TPSA) is 32.3 Å². The van der Waals surface area contributed by atoms with Gasteiger partial charge in [0.05, 0.1) is 6.54 Å². The molecule has 0 spiro atoms. The molecule has 0 aliphatic carbocycles. The van der Waals surface area contributed by atoms with Crippen molar-refractivity contribution in [1.82, 2.24) is 10.2 Å². The molecule has 1 rings (SSSR count). The quantitative estimate of drug-likeness (QED) is 0.661. The summed E-state index contributed by atoms with van der Waals surface area (Å²) in [6, 6.07) is 1.10. The molecule has 1 N–H and O–H groups in total. The van der Waals surface area contributed by atoms with Gasteiger partial charge >= 0.3 is 0 Å². The summed E-state index contributed by atoms with van der Waals surface area (Å²) in [7, 11) is 0. The highest BCUT2D eigenvalue weighted by Crippen LogP contribution is 2.11. The number of ketones is 1. The van der Waals surface area contributed by atoms with Crippen LogP contribution in [0, 0.1) is 0 Å². The van der Waals surface area contributed by atoms with E-state index in [0.717, 1.165) is 13.1 Å². The summed E-state index contributed by atoms with van der Waals surface area (Å²) >= 11 is 0. The van der Waals surface area contributed by atoms with Gasteiger partial charge in [-0.25, -0.2) is 0 Å². The van der Waals surface area contributed by atoms with E-state index in [1.54, 1.807) is 6.92 Å². The van der Waals surface area contributed by atoms with Gasteiger partial charge in [-0.1, -0.05) is 6.58 Å². The van der Waals surface area contributed by atoms with E-state index in [2.05, 4.69) is 30.6 Å². The average Bonchev–Trinajstić information content (AvgIpc) is 1.99. The fourth-order valence-corrected chi connectivity index (χ4v) is 1.45. The van der Waals surface area contributed by atoms with Crippen molar-refractivity contribution in [2.45, 2.75) is 32.9 Å². The Kier molecular flexibility index (Phi) is 3.84. The van der Waals surface area contributed by atoms with Crippen molar-refractivity contribution >= 4 is 5.78 Å². The molecule has 1 heterocycles. The van der Waals surface area contributed by atoms with Gasteiger partial charge in [-0.3, -0.25) is 9.69 Å². The normalized spacial score (nSPS) is 18.3. The predicted molar refractivity (Wildman–Crippen MR) is 58.3 cm³/mol. The summed E-state index contributed by atoms with van der Waals surface area (Å²) in [6.07, 6.45) is 0. The summed E-state index contributed by atoms with van der Waals surface area (Å²) in [6.45, 7) is 12.3. The minimum absolute atomic E-state index is 0.119. The van der Waals surface area contributed by atoms with Crippen LogP contribution in [0.2, 0.25) is 0 Å². The van der Waals surface area contributed by atoms with E-state index in [4.69, 9.17) is 0 Å². The first-order chi connectivity index (χ1) is 6.50. The van der Waals surface area contributed by atoms with E-state index in [0.29, 0.717) is 24.2 Å². The van der Waals surface area contributed by atoms with E-state index in [-0.39, 0.29) is 5.78 Å². The zero-order valence-electron chi connectivity index (χ0n) is 9.34. The Labute approximate surface area is 86.2 Å².